The Balaban J connectivity index is 1.40. The summed E-state index contributed by atoms with van der Waals surface area (Å²) >= 11 is 0. The maximum Gasteiger partial charge on any atom is 0.274 e. The van der Waals surface area contributed by atoms with Gasteiger partial charge in [-0.3, -0.25) is 14.8 Å². The molecule has 7 nitrogen and oxygen atoms in total. The molecule has 162 valence electrons. The highest BCUT2D eigenvalue weighted by atomic mass is 16.1. The van der Waals surface area contributed by atoms with Gasteiger partial charge in [-0.15, -0.1) is 0 Å². The molecule has 0 aliphatic carbocycles. The number of benzene rings is 1. The van der Waals surface area contributed by atoms with Crippen LogP contribution < -0.4 is 16.0 Å². The molecule has 2 aliphatic rings. The lowest BCUT2D eigenvalue weighted by Gasteiger charge is -2.16. The van der Waals surface area contributed by atoms with Crippen LogP contribution in [0, 0.1) is 0 Å². The molecule has 0 saturated carbocycles. The molecule has 0 spiro atoms. The zero-order chi connectivity index (χ0) is 21.9. The number of pyridine rings is 2. The number of nitrogens with one attached hydrogen (secondary N) is 1. The van der Waals surface area contributed by atoms with Crippen LogP contribution in [0.5, 0.6) is 0 Å². The topological polar surface area (TPSA) is 96.5 Å². The van der Waals surface area contributed by atoms with Gasteiger partial charge in [-0.1, -0.05) is 12.1 Å². The first kappa shape index (κ1) is 20.2. The van der Waals surface area contributed by atoms with Crippen molar-refractivity contribution in [1.29, 1.82) is 0 Å². The summed E-state index contributed by atoms with van der Waals surface area (Å²) < 4.78 is 0. The van der Waals surface area contributed by atoms with Crippen molar-refractivity contribution in [2.24, 2.45) is 4.99 Å². The number of hydrogen-bond acceptors (Lipinski definition) is 6. The predicted molar refractivity (Wildman–Crippen MR) is 128 cm³/mol. The summed E-state index contributed by atoms with van der Waals surface area (Å²) in [4.78, 5) is 28.8. The lowest BCUT2D eigenvalue weighted by Crippen LogP contribution is -2.25. The van der Waals surface area contributed by atoms with Crippen LogP contribution in [0.4, 0.5) is 17.2 Å². The minimum Gasteiger partial charge on any atom is -0.397 e. The number of amides is 1. The van der Waals surface area contributed by atoms with Crippen LogP contribution in [0.15, 0.2) is 60.0 Å². The van der Waals surface area contributed by atoms with Crippen molar-refractivity contribution in [1.82, 2.24) is 9.97 Å². The van der Waals surface area contributed by atoms with Crippen molar-refractivity contribution >= 4 is 28.8 Å². The van der Waals surface area contributed by atoms with Gasteiger partial charge >= 0.3 is 0 Å². The highest BCUT2D eigenvalue weighted by Gasteiger charge is 2.21. The number of aromatic nitrogens is 2. The van der Waals surface area contributed by atoms with Gasteiger partial charge in [0.05, 0.1) is 17.6 Å². The third-order valence-electron chi connectivity index (χ3n) is 5.98. The van der Waals surface area contributed by atoms with Crippen molar-refractivity contribution in [3.05, 3.63) is 66.1 Å². The fourth-order valence-electron chi connectivity index (χ4n) is 4.33. The highest BCUT2D eigenvalue weighted by Crippen LogP contribution is 2.26. The fourth-order valence-corrected chi connectivity index (χ4v) is 4.33. The van der Waals surface area contributed by atoms with Crippen molar-refractivity contribution < 1.29 is 4.79 Å². The van der Waals surface area contributed by atoms with Gasteiger partial charge in [0.2, 0.25) is 0 Å². The molecule has 1 saturated heterocycles. The molecule has 2 aliphatic heterocycles. The largest absolute Gasteiger partial charge is 0.397 e. The predicted octanol–water partition coefficient (Wildman–Crippen LogP) is 3.70. The number of nitrogen functional groups attached to an aromatic ring is 1. The smallest absolute Gasteiger partial charge is 0.274 e. The molecule has 0 bridgehead atoms. The summed E-state index contributed by atoms with van der Waals surface area (Å²) in [6.45, 7) is 2.70. The van der Waals surface area contributed by atoms with E-state index in [1.165, 1.54) is 12.8 Å². The Bertz CT molecular complexity index is 1170. The number of hydrogen-bond donors (Lipinski definition) is 2. The fraction of sp³-hybridized carbons (Fsp3) is 0.280. The van der Waals surface area contributed by atoms with Gasteiger partial charge in [-0.2, -0.15) is 0 Å². The van der Waals surface area contributed by atoms with E-state index in [2.05, 4.69) is 37.3 Å². The van der Waals surface area contributed by atoms with E-state index in [0.29, 0.717) is 23.6 Å². The lowest BCUT2D eigenvalue weighted by atomic mass is 9.95. The molecule has 1 amide bonds. The summed E-state index contributed by atoms with van der Waals surface area (Å²) in [6, 6.07) is 11.9. The van der Waals surface area contributed by atoms with Crippen molar-refractivity contribution in [2.75, 3.05) is 35.6 Å². The van der Waals surface area contributed by atoms with Gasteiger partial charge < -0.3 is 16.0 Å². The molecule has 1 fully saturated rings. The van der Waals surface area contributed by atoms with Crippen molar-refractivity contribution in [3.63, 3.8) is 0 Å². The summed E-state index contributed by atoms with van der Waals surface area (Å²) in [5.41, 5.74) is 11.5. The second-order valence-electron chi connectivity index (χ2n) is 8.27. The van der Waals surface area contributed by atoms with Gasteiger partial charge in [-0.05, 0) is 61.1 Å². The summed E-state index contributed by atoms with van der Waals surface area (Å²) in [6.07, 6.45) is 9.32. The number of aliphatic imine (C=N–C) groups is 1. The number of nitrogens with zero attached hydrogens (tertiary/aromatic N) is 4. The van der Waals surface area contributed by atoms with Gasteiger partial charge in [0.15, 0.2) is 0 Å². The van der Waals surface area contributed by atoms with E-state index >= 15 is 0 Å². The van der Waals surface area contributed by atoms with E-state index in [-0.39, 0.29) is 5.91 Å². The maximum atomic E-state index is 13.2. The zero-order valence-corrected chi connectivity index (χ0v) is 17.9. The standard InChI is InChI=1S/C25H26N6O/c26-20-12-19(14-27-15-20)18-6-5-17-4-3-9-28-24(22(17)13-18)25(32)30-21-7-8-23(29-16-21)31-10-1-2-11-31/h5-8,12-16H,1-4,9-11,26H2,(H,30,32). The maximum absolute atomic E-state index is 13.2. The quantitative estimate of drug-likeness (QED) is 0.663. The van der Waals surface area contributed by atoms with Crippen LogP contribution in [-0.2, 0) is 11.2 Å². The molecule has 0 unspecified atom stereocenters. The van der Waals surface area contributed by atoms with Crippen molar-refractivity contribution in [3.8, 4) is 11.1 Å². The van der Waals surface area contributed by atoms with Crippen molar-refractivity contribution in [2.45, 2.75) is 25.7 Å². The first-order valence-electron chi connectivity index (χ1n) is 11.1. The molecule has 4 heterocycles. The van der Waals surface area contributed by atoms with Crippen LogP contribution >= 0.6 is 0 Å². The van der Waals surface area contributed by atoms with E-state index in [9.17, 15) is 4.79 Å². The van der Waals surface area contributed by atoms with Crippen LogP contribution in [0.25, 0.3) is 11.1 Å². The molecule has 7 heteroatoms. The van der Waals surface area contributed by atoms with E-state index < -0.39 is 0 Å². The Morgan fingerprint density at radius 3 is 2.62 bits per heavy atom. The molecule has 0 atom stereocenters. The highest BCUT2D eigenvalue weighted by molar-refractivity contribution is 6.49. The Kier molecular flexibility index (Phi) is 5.54. The number of rotatable bonds is 4. The van der Waals surface area contributed by atoms with Crippen LogP contribution in [0.1, 0.15) is 30.4 Å². The monoisotopic (exact) mass is 426 g/mol. The van der Waals surface area contributed by atoms with Crippen LogP contribution in [0.3, 0.4) is 0 Å². The minimum atomic E-state index is -0.216. The SMILES string of the molecule is Nc1cncc(-c2ccc3c(c2)C(C(=O)Nc2ccc(N4CCCC4)nc2)=NCCC3)c1. The van der Waals surface area contributed by atoms with E-state index in [4.69, 9.17) is 5.73 Å². The molecular formula is C25H26N6O. The van der Waals surface area contributed by atoms with Gasteiger partial charge in [-0.25, -0.2) is 4.98 Å². The summed E-state index contributed by atoms with van der Waals surface area (Å²) in [7, 11) is 0. The van der Waals surface area contributed by atoms with Gasteiger partial charge in [0.25, 0.3) is 5.91 Å². The first-order valence-corrected chi connectivity index (χ1v) is 11.1. The van der Waals surface area contributed by atoms with E-state index in [1.807, 2.05) is 24.3 Å². The average molecular weight is 427 g/mol. The number of nitrogens with two attached hydrogens (primary N) is 1. The number of fused-ring (bicyclic) bond motifs is 1. The number of aryl methyl sites for hydroxylation is 1. The Morgan fingerprint density at radius 2 is 1.84 bits per heavy atom. The Morgan fingerprint density at radius 1 is 0.969 bits per heavy atom. The van der Waals surface area contributed by atoms with E-state index in [1.54, 1.807) is 18.6 Å². The van der Waals surface area contributed by atoms with Gasteiger partial charge in [0.1, 0.15) is 11.5 Å². The third kappa shape index (κ3) is 4.19. The molecule has 3 aromatic rings. The molecule has 5 rings (SSSR count). The zero-order valence-electron chi connectivity index (χ0n) is 17.9. The van der Waals surface area contributed by atoms with Gasteiger partial charge in [0, 0.05) is 43.2 Å². The first-order chi connectivity index (χ1) is 15.7. The van der Waals surface area contributed by atoms with Crippen LogP contribution in [0.2, 0.25) is 0 Å². The molecule has 32 heavy (non-hydrogen) atoms. The average Bonchev–Trinajstić information content (AvgIpc) is 3.26. The molecule has 2 aromatic heterocycles. The number of carbonyl (C=O) groups is 1. The number of carbonyl (C=O) groups excluding carboxylic acids is 1. The third-order valence-corrected chi connectivity index (χ3v) is 5.98. The molecule has 1 aromatic carbocycles. The Hall–Kier alpha value is -3.74. The second-order valence-corrected chi connectivity index (χ2v) is 8.27. The summed E-state index contributed by atoms with van der Waals surface area (Å²) in [5.74, 6) is 0.741. The van der Waals surface area contributed by atoms with E-state index in [0.717, 1.165) is 54.0 Å². The summed E-state index contributed by atoms with van der Waals surface area (Å²) in [5, 5.41) is 2.98. The van der Waals surface area contributed by atoms with Crippen LogP contribution in [-0.4, -0.2) is 41.2 Å². The lowest BCUT2D eigenvalue weighted by molar-refractivity contribution is -0.110. The molecule has 0 radical (unpaired) electrons. The normalized spacial score (nSPS) is 15.6. The second kappa shape index (κ2) is 8.78. The molecule has 3 N–H and O–H groups in total. The Labute approximate surface area is 187 Å². The minimum absolute atomic E-state index is 0.216. The number of anilines is 3. The molecular weight excluding hydrogens is 400 g/mol.